The van der Waals surface area contributed by atoms with Crippen LogP contribution in [0.2, 0.25) is 0 Å². The number of aryl methyl sites for hydroxylation is 1. The lowest BCUT2D eigenvalue weighted by molar-refractivity contribution is -0.121. The third kappa shape index (κ3) is 4.22. The van der Waals surface area contributed by atoms with E-state index in [1.54, 1.807) is 7.11 Å². The maximum Gasteiger partial charge on any atom is 0.220 e. The molecule has 0 aliphatic heterocycles. The average Bonchev–Trinajstić information content (AvgIpc) is 3.14. The zero-order chi connectivity index (χ0) is 20.1. The number of H-pyrrole nitrogens is 1. The van der Waals surface area contributed by atoms with Crippen molar-refractivity contribution in [3.8, 4) is 5.75 Å². The molecule has 28 heavy (non-hydrogen) atoms. The molecule has 2 N–H and O–H groups in total. The van der Waals surface area contributed by atoms with Crippen molar-refractivity contribution in [2.75, 3.05) is 13.7 Å². The van der Waals surface area contributed by atoms with E-state index >= 15 is 0 Å². The molecule has 0 spiro atoms. The highest BCUT2D eigenvalue weighted by Crippen LogP contribution is 2.38. The van der Waals surface area contributed by atoms with E-state index in [0.717, 1.165) is 28.8 Å². The second kappa shape index (κ2) is 8.96. The number of ether oxygens (including phenoxy) is 1. The first-order chi connectivity index (χ1) is 13.5. The number of hydrogen-bond donors (Lipinski definition) is 2. The number of amides is 1. The van der Waals surface area contributed by atoms with Gasteiger partial charge in [-0.1, -0.05) is 57.2 Å². The molecule has 3 aromatic rings. The summed E-state index contributed by atoms with van der Waals surface area (Å²) in [6, 6.07) is 14.4. The molecule has 0 saturated heterocycles. The van der Waals surface area contributed by atoms with Crippen LogP contribution in [0.1, 0.15) is 49.8 Å². The molecule has 1 amide bonds. The van der Waals surface area contributed by atoms with Gasteiger partial charge in [0.15, 0.2) is 0 Å². The summed E-state index contributed by atoms with van der Waals surface area (Å²) in [5, 5.41) is 4.24. The largest absolute Gasteiger partial charge is 0.496 e. The van der Waals surface area contributed by atoms with Crippen molar-refractivity contribution in [2.45, 2.75) is 39.5 Å². The predicted molar refractivity (Wildman–Crippen MR) is 115 cm³/mol. The molecule has 148 valence electrons. The first kappa shape index (κ1) is 20.0. The fraction of sp³-hybridized carbons (Fsp3) is 0.375. The van der Waals surface area contributed by atoms with Crippen LogP contribution in [0.15, 0.2) is 48.7 Å². The maximum absolute atomic E-state index is 12.7. The van der Waals surface area contributed by atoms with Gasteiger partial charge in [-0.25, -0.2) is 0 Å². The summed E-state index contributed by atoms with van der Waals surface area (Å²) in [6.07, 6.45) is 3.40. The molecular weight excluding hydrogens is 348 g/mol. The number of carbonyl (C=O) groups is 1. The molecule has 0 saturated carbocycles. The molecule has 2 aromatic carbocycles. The van der Waals surface area contributed by atoms with Crippen LogP contribution in [0.4, 0.5) is 0 Å². The van der Waals surface area contributed by atoms with Crippen LogP contribution in [0.25, 0.3) is 10.9 Å². The second-order valence-corrected chi connectivity index (χ2v) is 7.63. The maximum atomic E-state index is 12.7. The highest BCUT2D eigenvalue weighted by Gasteiger charge is 2.24. The van der Waals surface area contributed by atoms with E-state index < -0.39 is 0 Å². The van der Waals surface area contributed by atoms with Gasteiger partial charge in [0.05, 0.1) is 7.11 Å². The van der Waals surface area contributed by atoms with Gasteiger partial charge in [-0.3, -0.25) is 4.79 Å². The topological polar surface area (TPSA) is 54.1 Å². The fourth-order valence-corrected chi connectivity index (χ4v) is 3.74. The smallest absolute Gasteiger partial charge is 0.220 e. The Balaban J connectivity index is 2.05. The van der Waals surface area contributed by atoms with Crippen molar-refractivity contribution in [3.63, 3.8) is 0 Å². The zero-order valence-electron chi connectivity index (χ0n) is 17.2. The number of nitrogens with one attached hydrogen (secondary N) is 2. The van der Waals surface area contributed by atoms with Gasteiger partial charge in [-0.2, -0.15) is 0 Å². The molecule has 0 aliphatic carbocycles. The number of rotatable bonds is 8. The number of para-hydroxylation sites is 2. The molecule has 4 heteroatoms. The van der Waals surface area contributed by atoms with Crippen LogP contribution in [0.5, 0.6) is 5.75 Å². The van der Waals surface area contributed by atoms with Crippen molar-refractivity contribution in [3.05, 3.63) is 65.4 Å². The lowest BCUT2D eigenvalue weighted by Gasteiger charge is -2.20. The SMILES string of the molecule is CCc1cccc2c([C@H](CC(=O)NCC(C)C)c3ccccc3OC)c[nH]c12. The summed E-state index contributed by atoms with van der Waals surface area (Å²) in [4.78, 5) is 16.2. The van der Waals surface area contributed by atoms with Crippen molar-refractivity contribution in [1.29, 1.82) is 0 Å². The molecule has 3 rings (SSSR count). The summed E-state index contributed by atoms with van der Waals surface area (Å²) in [7, 11) is 1.68. The van der Waals surface area contributed by atoms with Gasteiger partial charge < -0.3 is 15.0 Å². The van der Waals surface area contributed by atoms with Crippen molar-refractivity contribution in [2.24, 2.45) is 5.92 Å². The highest BCUT2D eigenvalue weighted by molar-refractivity contribution is 5.88. The van der Waals surface area contributed by atoms with Gasteiger partial charge in [0, 0.05) is 41.5 Å². The number of benzene rings is 2. The molecule has 4 nitrogen and oxygen atoms in total. The second-order valence-electron chi connectivity index (χ2n) is 7.63. The van der Waals surface area contributed by atoms with Crippen LogP contribution in [0, 0.1) is 5.92 Å². The minimum absolute atomic E-state index is 0.0607. The normalized spacial score (nSPS) is 12.3. The van der Waals surface area contributed by atoms with E-state index in [4.69, 9.17) is 4.74 Å². The first-order valence-electron chi connectivity index (χ1n) is 10.0. The van der Waals surface area contributed by atoms with Gasteiger partial charge in [0.1, 0.15) is 5.75 Å². The Kier molecular flexibility index (Phi) is 6.40. The molecular formula is C24H30N2O2. The minimum Gasteiger partial charge on any atom is -0.496 e. The third-order valence-corrected chi connectivity index (χ3v) is 5.20. The van der Waals surface area contributed by atoms with Crippen LogP contribution in [-0.4, -0.2) is 24.5 Å². The Labute approximate surface area is 167 Å². The summed E-state index contributed by atoms with van der Waals surface area (Å²) < 4.78 is 5.62. The number of aromatic nitrogens is 1. The summed E-state index contributed by atoms with van der Waals surface area (Å²) in [6.45, 7) is 7.05. The Hall–Kier alpha value is -2.75. The van der Waals surface area contributed by atoms with Crippen molar-refractivity contribution in [1.82, 2.24) is 10.3 Å². The minimum atomic E-state index is -0.0795. The van der Waals surface area contributed by atoms with Crippen LogP contribution in [-0.2, 0) is 11.2 Å². The van der Waals surface area contributed by atoms with Crippen LogP contribution < -0.4 is 10.1 Å². The molecule has 0 fully saturated rings. The van der Waals surface area contributed by atoms with Crippen LogP contribution >= 0.6 is 0 Å². The highest BCUT2D eigenvalue weighted by atomic mass is 16.5. The third-order valence-electron chi connectivity index (χ3n) is 5.20. The Bertz CT molecular complexity index is 943. The summed E-state index contributed by atoms with van der Waals surface area (Å²) in [5.41, 5.74) is 4.61. The van der Waals surface area contributed by atoms with E-state index in [0.29, 0.717) is 18.9 Å². The number of hydrogen-bond acceptors (Lipinski definition) is 2. The number of carbonyl (C=O) groups excluding carboxylic acids is 1. The van der Waals surface area contributed by atoms with Gasteiger partial charge in [-0.15, -0.1) is 0 Å². The van der Waals surface area contributed by atoms with Crippen molar-refractivity contribution < 1.29 is 9.53 Å². The summed E-state index contributed by atoms with van der Waals surface area (Å²) >= 11 is 0. The number of fused-ring (bicyclic) bond motifs is 1. The number of aromatic amines is 1. The summed E-state index contributed by atoms with van der Waals surface area (Å²) in [5.74, 6) is 1.22. The van der Waals surface area contributed by atoms with Gasteiger partial charge in [0.25, 0.3) is 0 Å². The Morgan fingerprint density at radius 2 is 1.89 bits per heavy atom. The molecule has 1 heterocycles. The molecule has 1 atom stereocenters. The molecule has 1 aromatic heterocycles. The predicted octanol–water partition coefficient (Wildman–Crippen LogP) is 5.03. The molecule has 0 radical (unpaired) electrons. The standard InChI is InChI=1S/C24H30N2O2/c1-5-17-9-8-11-19-21(15-26-24(17)19)20(13-23(27)25-14-16(2)3)18-10-6-7-12-22(18)28-4/h6-12,15-16,20,26H,5,13-14H2,1-4H3,(H,25,27)/t20-/m1/s1. The Morgan fingerprint density at radius 3 is 2.61 bits per heavy atom. The van der Waals surface area contributed by atoms with E-state index in [1.807, 2.05) is 18.2 Å². The van der Waals surface area contributed by atoms with Gasteiger partial charge in [0.2, 0.25) is 5.91 Å². The van der Waals surface area contributed by atoms with Crippen LogP contribution in [0.3, 0.4) is 0 Å². The van der Waals surface area contributed by atoms with E-state index in [9.17, 15) is 4.79 Å². The first-order valence-corrected chi connectivity index (χ1v) is 10.0. The quantitative estimate of drug-likeness (QED) is 0.577. The molecule has 0 aliphatic rings. The van der Waals surface area contributed by atoms with Gasteiger partial charge >= 0.3 is 0 Å². The lowest BCUT2D eigenvalue weighted by atomic mass is 9.87. The number of methoxy groups -OCH3 is 1. The molecule has 0 unspecified atom stereocenters. The van der Waals surface area contributed by atoms with Gasteiger partial charge in [-0.05, 0) is 29.5 Å². The fourth-order valence-electron chi connectivity index (χ4n) is 3.74. The van der Waals surface area contributed by atoms with E-state index in [2.05, 4.69) is 61.5 Å². The zero-order valence-corrected chi connectivity index (χ0v) is 17.2. The lowest BCUT2D eigenvalue weighted by Crippen LogP contribution is -2.28. The monoisotopic (exact) mass is 378 g/mol. The Morgan fingerprint density at radius 1 is 1.11 bits per heavy atom. The van der Waals surface area contributed by atoms with Crippen molar-refractivity contribution >= 4 is 16.8 Å². The van der Waals surface area contributed by atoms with E-state index in [-0.39, 0.29) is 11.8 Å². The van der Waals surface area contributed by atoms with E-state index in [1.165, 1.54) is 10.9 Å². The average molecular weight is 379 g/mol. The molecule has 0 bridgehead atoms.